The van der Waals surface area contributed by atoms with Crippen LogP contribution in [0.25, 0.3) is 11.0 Å². The summed E-state index contributed by atoms with van der Waals surface area (Å²) in [5.41, 5.74) is 2.48. The highest BCUT2D eigenvalue weighted by atomic mass is 32.9. The minimum absolute atomic E-state index is 0.144. The van der Waals surface area contributed by atoms with E-state index in [9.17, 15) is 16.8 Å². The van der Waals surface area contributed by atoms with Crippen molar-refractivity contribution in [3.8, 4) is 0 Å². The summed E-state index contributed by atoms with van der Waals surface area (Å²) < 4.78 is 55.3. The van der Waals surface area contributed by atoms with Crippen LogP contribution in [0.2, 0.25) is 0 Å². The molecule has 1 aromatic heterocycles. The van der Waals surface area contributed by atoms with E-state index in [1.807, 2.05) is 13.8 Å². The molecule has 0 spiro atoms. The first-order chi connectivity index (χ1) is 14.2. The van der Waals surface area contributed by atoms with Crippen molar-refractivity contribution in [2.75, 3.05) is 0 Å². The SMILES string of the molecule is Cc1ccc(S(=O)(=O)n2ssn(S(=O)(=O)c3ccc(C)cc3)c3ccccc32)cc1. The number of fused-ring (bicyclic) bond motifs is 1. The molecule has 0 unspecified atom stereocenters. The Morgan fingerprint density at radius 2 is 0.900 bits per heavy atom. The lowest BCUT2D eigenvalue weighted by molar-refractivity contribution is 0.589. The van der Waals surface area contributed by atoms with Crippen LogP contribution >= 0.6 is 21.1 Å². The highest BCUT2D eigenvalue weighted by Crippen LogP contribution is 2.29. The van der Waals surface area contributed by atoms with Crippen molar-refractivity contribution in [2.24, 2.45) is 0 Å². The standard InChI is InChI=1S/C20H18N2O4S4/c1-15-7-11-17(12-8-15)29(23,24)21-19-5-3-4-6-20(19)22(28-27-21)30(25,26)18-13-9-16(2)10-14-18/h3-14H,1-2H3. The predicted octanol–water partition coefficient (Wildman–Crippen LogP) is 4.78. The maximum atomic E-state index is 13.2. The van der Waals surface area contributed by atoms with Crippen LogP contribution in [0.15, 0.2) is 82.6 Å². The third-order valence-electron chi connectivity index (χ3n) is 4.52. The molecule has 0 saturated carbocycles. The zero-order chi connectivity index (χ0) is 21.5. The number of nitrogens with zero attached hydrogens (tertiary/aromatic N) is 2. The molecule has 3 aromatic carbocycles. The van der Waals surface area contributed by atoms with Crippen molar-refractivity contribution >= 4 is 52.2 Å². The molecule has 0 atom stereocenters. The average Bonchev–Trinajstić information content (AvgIpc) is 2.73. The summed E-state index contributed by atoms with van der Waals surface area (Å²) in [5.74, 6) is 0. The van der Waals surface area contributed by atoms with Gasteiger partial charge in [0.05, 0.1) is 20.8 Å². The van der Waals surface area contributed by atoms with Gasteiger partial charge in [0.2, 0.25) is 0 Å². The molecule has 30 heavy (non-hydrogen) atoms. The topological polar surface area (TPSA) is 78.1 Å². The van der Waals surface area contributed by atoms with E-state index in [-0.39, 0.29) is 20.8 Å². The van der Waals surface area contributed by atoms with Gasteiger partial charge in [0, 0.05) is 21.1 Å². The Hall–Kier alpha value is -2.40. The summed E-state index contributed by atoms with van der Waals surface area (Å²) in [5, 5.41) is 0. The van der Waals surface area contributed by atoms with Crippen molar-refractivity contribution in [3.05, 3.63) is 83.9 Å². The Balaban J connectivity index is 1.95. The van der Waals surface area contributed by atoms with Crippen LogP contribution in [0.1, 0.15) is 11.1 Å². The molecule has 1 heterocycles. The number of hydrogen-bond acceptors (Lipinski definition) is 6. The van der Waals surface area contributed by atoms with Crippen LogP contribution in [-0.4, -0.2) is 23.6 Å². The first-order valence-corrected chi connectivity index (χ1v) is 13.8. The maximum absolute atomic E-state index is 13.2. The molecule has 0 N–H and O–H groups in total. The Bertz CT molecular complexity index is 1350. The monoisotopic (exact) mass is 478 g/mol. The van der Waals surface area contributed by atoms with Gasteiger partial charge >= 0.3 is 0 Å². The molecule has 0 radical (unpaired) electrons. The summed E-state index contributed by atoms with van der Waals surface area (Å²) in [6.07, 6.45) is 0. The van der Waals surface area contributed by atoms with Crippen LogP contribution in [0, 0.1) is 13.8 Å². The fourth-order valence-electron chi connectivity index (χ4n) is 2.86. The fraction of sp³-hybridized carbons (Fsp3) is 0.100. The van der Waals surface area contributed by atoms with Crippen LogP contribution in [0.3, 0.4) is 0 Å². The highest BCUT2D eigenvalue weighted by molar-refractivity contribution is 7.96. The van der Waals surface area contributed by atoms with Crippen LogP contribution in [0.4, 0.5) is 0 Å². The van der Waals surface area contributed by atoms with E-state index >= 15 is 0 Å². The lowest BCUT2D eigenvalue weighted by atomic mass is 10.2. The van der Waals surface area contributed by atoms with E-state index in [1.54, 1.807) is 72.8 Å². The van der Waals surface area contributed by atoms with E-state index in [2.05, 4.69) is 0 Å². The van der Waals surface area contributed by atoms with Gasteiger partial charge in [-0.1, -0.05) is 47.5 Å². The van der Waals surface area contributed by atoms with Gasteiger partial charge in [0.1, 0.15) is 0 Å². The molecular weight excluding hydrogens is 460 g/mol. The van der Waals surface area contributed by atoms with Crippen LogP contribution in [0.5, 0.6) is 0 Å². The molecule has 0 fully saturated rings. The number of rotatable bonds is 4. The summed E-state index contributed by atoms with van der Waals surface area (Å²) in [6.45, 7) is 3.76. The lowest BCUT2D eigenvalue weighted by Crippen LogP contribution is -2.16. The zero-order valence-corrected chi connectivity index (χ0v) is 19.4. The van der Waals surface area contributed by atoms with E-state index in [0.29, 0.717) is 0 Å². The number of hydrogen-bond donors (Lipinski definition) is 0. The van der Waals surface area contributed by atoms with Gasteiger partial charge in [0.25, 0.3) is 20.0 Å². The smallest absolute Gasteiger partial charge is 0.200 e. The summed E-state index contributed by atoms with van der Waals surface area (Å²) in [4.78, 5) is 0.289. The third-order valence-corrected chi connectivity index (χ3v) is 11.5. The second-order valence-electron chi connectivity index (χ2n) is 6.73. The molecule has 0 aliphatic carbocycles. The Morgan fingerprint density at radius 1 is 0.567 bits per heavy atom. The van der Waals surface area contributed by atoms with Gasteiger partial charge in [-0.25, -0.2) is 0 Å². The molecule has 0 aliphatic heterocycles. The van der Waals surface area contributed by atoms with E-state index < -0.39 is 20.0 Å². The number of para-hydroxylation sites is 2. The fourth-order valence-corrected chi connectivity index (χ4v) is 9.56. The minimum atomic E-state index is -3.88. The first kappa shape index (κ1) is 20.9. The average molecular weight is 479 g/mol. The van der Waals surface area contributed by atoms with Crippen molar-refractivity contribution in [2.45, 2.75) is 23.6 Å². The lowest BCUT2D eigenvalue weighted by Gasteiger charge is -2.15. The Labute approximate surface area is 182 Å². The van der Waals surface area contributed by atoms with Gasteiger partial charge in [-0.05, 0) is 50.2 Å². The van der Waals surface area contributed by atoms with Gasteiger partial charge in [-0.15, -0.1) is 0 Å². The molecule has 4 rings (SSSR count). The number of aromatic nitrogens is 2. The maximum Gasteiger partial charge on any atom is 0.277 e. The van der Waals surface area contributed by atoms with E-state index in [1.165, 1.54) is 6.72 Å². The van der Waals surface area contributed by atoms with Crippen molar-refractivity contribution < 1.29 is 16.8 Å². The molecule has 0 saturated heterocycles. The quantitative estimate of drug-likeness (QED) is 0.396. The van der Waals surface area contributed by atoms with Crippen LogP contribution in [-0.2, 0) is 20.0 Å². The van der Waals surface area contributed by atoms with Gasteiger partial charge < -0.3 is 0 Å². The van der Waals surface area contributed by atoms with Gasteiger partial charge in [-0.3, -0.25) is 0 Å². The minimum Gasteiger partial charge on any atom is -0.200 e. The number of benzene rings is 3. The summed E-state index contributed by atoms with van der Waals surface area (Å²) in [6, 6.07) is 19.7. The number of aryl methyl sites for hydroxylation is 2. The van der Waals surface area contributed by atoms with Gasteiger partial charge in [0.15, 0.2) is 0 Å². The summed E-state index contributed by atoms with van der Waals surface area (Å²) in [7, 11) is -6.05. The molecule has 10 heteroatoms. The van der Waals surface area contributed by atoms with Crippen molar-refractivity contribution in [1.29, 1.82) is 0 Å². The molecule has 156 valence electrons. The molecule has 0 aliphatic rings. The molecule has 0 amide bonds. The third kappa shape index (κ3) is 3.60. The van der Waals surface area contributed by atoms with Crippen LogP contribution < -0.4 is 0 Å². The molecular formula is C20H18N2O4S4. The molecule has 4 aromatic rings. The second-order valence-corrected chi connectivity index (χ2v) is 12.7. The first-order valence-electron chi connectivity index (χ1n) is 8.89. The van der Waals surface area contributed by atoms with E-state index in [0.717, 1.165) is 32.2 Å². The van der Waals surface area contributed by atoms with E-state index in [4.69, 9.17) is 0 Å². The Kier molecular flexibility index (Phi) is 5.35. The van der Waals surface area contributed by atoms with Crippen molar-refractivity contribution in [1.82, 2.24) is 6.72 Å². The largest absolute Gasteiger partial charge is 0.277 e. The predicted molar refractivity (Wildman–Crippen MR) is 121 cm³/mol. The van der Waals surface area contributed by atoms with Crippen molar-refractivity contribution in [3.63, 3.8) is 0 Å². The normalized spacial score (nSPS) is 12.2. The molecule has 0 bridgehead atoms. The molecule has 6 nitrogen and oxygen atoms in total. The summed E-state index contributed by atoms with van der Waals surface area (Å²) >= 11 is 0. The Morgan fingerprint density at radius 3 is 1.23 bits per heavy atom. The highest BCUT2D eigenvalue weighted by Gasteiger charge is 2.24. The second kappa shape index (κ2) is 7.69. The van der Waals surface area contributed by atoms with Gasteiger partial charge in [-0.2, -0.15) is 23.6 Å². The zero-order valence-electron chi connectivity index (χ0n) is 16.1.